The van der Waals surface area contributed by atoms with Gasteiger partial charge in [-0.1, -0.05) is 13.3 Å². The molecule has 2 rings (SSSR count). The van der Waals surface area contributed by atoms with Gasteiger partial charge in [0, 0.05) is 6.54 Å². The molecule has 100 valence electrons. The Morgan fingerprint density at radius 2 is 2.22 bits per heavy atom. The number of hydrogen-bond donors (Lipinski definition) is 1. The van der Waals surface area contributed by atoms with Gasteiger partial charge in [0.2, 0.25) is 0 Å². The zero-order valence-corrected chi connectivity index (χ0v) is 11.3. The normalized spacial score (nSPS) is 16.6. The summed E-state index contributed by atoms with van der Waals surface area (Å²) in [5.74, 6) is 0.756. The summed E-state index contributed by atoms with van der Waals surface area (Å²) in [6.45, 7) is 4.94. The topological polar surface area (TPSA) is 70.1 Å². The van der Waals surface area contributed by atoms with Crippen molar-refractivity contribution < 1.29 is 9.53 Å². The monoisotopic (exact) mass is 251 g/mol. The maximum absolute atomic E-state index is 11.5. The molecule has 1 fully saturated rings. The lowest BCUT2D eigenvalue weighted by molar-refractivity contribution is 0.0595. The van der Waals surface area contributed by atoms with Crippen LogP contribution in [0.15, 0.2) is 0 Å². The van der Waals surface area contributed by atoms with E-state index in [2.05, 4.69) is 16.6 Å². The number of hydrogen-bond acceptors (Lipinski definition) is 4. The van der Waals surface area contributed by atoms with Crippen LogP contribution in [0, 0.1) is 12.3 Å². The zero-order chi connectivity index (χ0) is 13.3. The van der Waals surface area contributed by atoms with Crippen molar-refractivity contribution in [3.05, 3.63) is 11.5 Å². The van der Waals surface area contributed by atoms with Gasteiger partial charge < -0.3 is 15.0 Å². The van der Waals surface area contributed by atoms with E-state index in [1.807, 2.05) is 11.5 Å². The standard InChI is InChI=1S/C13H21N3O2/c1-4-5-13(6-7-13)8-16-9(2)15-10(11(16)14)12(17)18-3/h4-8,14H2,1-3H3. The Bertz CT molecular complexity index is 461. The van der Waals surface area contributed by atoms with Gasteiger partial charge in [0.15, 0.2) is 5.69 Å². The second kappa shape index (κ2) is 4.63. The van der Waals surface area contributed by atoms with Crippen LogP contribution in [-0.4, -0.2) is 22.6 Å². The van der Waals surface area contributed by atoms with Crippen LogP contribution in [0.3, 0.4) is 0 Å². The molecule has 1 aliphatic carbocycles. The van der Waals surface area contributed by atoms with E-state index in [0.29, 0.717) is 11.2 Å². The fourth-order valence-electron chi connectivity index (χ4n) is 2.56. The van der Waals surface area contributed by atoms with Gasteiger partial charge in [-0.2, -0.15) is 0 Å². The molecule has 1 aliphatic rings. The first kappa shape index (κ1) is 12.9. The molecule has 0 spiro atoms. The SMILES string of the molecule is CCCC1(Cn2c(C)nc(C(=O)OC)c2N)CC1. The molecule has 5 heteroatoms. The Hall–Kier alpha value is -1.52. The summed E-state index contributed by atoms with van der Waals surface area (Å²) in [5, 5.41) is 0. The molecule has 2 N–H and O–H groups in total. The molecule has 0 unspecified atom stereocenters. The highest BCUT2D eigenvalue weighted by molar-refractivity contribution is 5.92. The molecule has 1 aromatic rings. The van der Waals surface area contributed by atoms with Crippen LogP contribution in [0.1, 0.15) is 48.9 Å². The molecule has 5 nitrogen and oxygen atoms in total. The summed E-state index contributed by atoms with van der Waals surface area (Å²) in [6, 6.07) is 0. The van der Waals surface area contributed by atoms with Gasteiger partial charge in [0.05, 0.1) is 7.11 Å². The second-order valence-corrected chi connectivity index (χ2v) is 5.22. The summed E-state index contributed by atoms with van der Waals surface area (Å²) in [7, 11) is 1.34. The smallest absolute Gasteiger partial charge is 0.360 e. The van der Waals surface area contributed by atoms with Crippen LogP contribution < -0.4 is 5.73 Å². The molecule has 0 aliphatic heterocycles. The summed E-state index contributed by atoms with van der Waals surface area (Å²) in [5.41, 5.74) is 6.63. The number of esters is 1. The Morgan fingerprint density at radius 3 is 2.72 bits per heavy atom. The van der Waals surface area contributed by atoms with Gasteiger partial charge in [-0.05, 0) is 31.6 Å². The van der Waals surface area contributed by atoms with Crippen LogP contribution in [0.2, 0.25) is 0 Å². The van der Waals surface area contributed by atoms with Crippen LogP contribution >= 0.6 is 0 Å². The van der Waals surface area contributed by atoms with Crippen molar-refractivity contribution in [3.63, 3.8) is 0 Å². The average molecular weight is 251 g/mol. The maximum Gasteiger partial charge on any atom is 0.360 e. The second-order valence-electron chi connectivity index (χ2n) is 5.22. The minimum Gasteiger partial charge on any atom is -0.464 e. The number of ether oxygens (including phenoxy) is 1. The van der Waals surface area contributed by atoms with Crippen molar-refractivity contribution in [1.29, 1.82) is 0 Å². The molecule has 0 aromatic carbocycles. The molecule has 0 radical (unpaired) electrons. The summed E-state index contributed by atoms with van der Waals surface area (Å²) in [6.07, 6.45) is 4.87. The third-order valence-electron chi connectivity index (χ3n) is 3.81. The Balaban J connectivity index is 2.23. The van der Waals surface area contributed by atoms with Gasteiger partial charge in [0.25, 0.3) is 0 Å². The number of aromatic nitrogens is 2. The lowest BCUT2D eigenvalue weighted by atomic mass is 10.0. The highest BCUT2D eigenvalue weighted by atomic mass is 16.5. The summed E-state index contributed by atoms with van der Waals surface area (Å²) in [4.78, 5) is 15.7. The Labute approximate surface area is 107 Å². The summed E-state index contributed by atoms with van der Waals surface area (Å²) >= 11 is 0. The van der Waals surface area contributed by atoms with Crippen molar-refractivity contribution in [3.8, 4) is 0 Å². The number of aryl methyl sites for hydroxylation is 1. The van der Waals surface area contributed by atoms with Gasteiger partial charge in [-0.15, -0.1) is 0 Å². The van der Waals surface area contributed by atoms with E-state index in [4.69, 9.17) is 5.73 Å². The molecule has 0 saturated heterocycles. The van der Waals surface area contributed by atoms with Crippen molar-refractivity contribution in [1.82, 2.24) is 9.55 Å². The number of anilines is 1. The number of carbonyl (C=O) groups excluding carboxylic acids is 1. The lowest BCUT2D eigenvalue weighted by Crippen LogP contribution is -2.15. The number of nitrogens with two attached hydrogens (primary N) is 1. The zero-order valence-electron chi connectivity index (χ0n) is 11.3. The van der Waals surface area contributed by atoms with E-state index in [1.54, 1.807) is 0 Å². The first-order chi connectivity index (χ1) is 8.53. The maximum atomic E-state index is 11.5. The van der Waals surface area contributed by atoms with E-state index in [-0.39, 0.29) is 5.69 Å². The van der Waals surface area contributed by atoms with Crippen molar-refractivity contribution in [2.24, 2.45) is 5.41 Å². The Kier molecular flexibility index (Phi) is 3.32. The highest BCUT2D eigenvalue weighted by Crippen LogP contribution is 2.51. The molecule has 0 amide bonds. The molecule has 18 heavy (non-hydrogen) atoms. The van der Waals surface area contributed by atoms with E-state index < -0.39 is 5.97 Å². The third kappa shape index (κ3) is 2.21. The first-order valence-electron chi connectivity index (χ1n) is 6.44. The number of rotatable bonds is 5. The molecular weight excluding hydrogens is 230 g/mol. The van der Waals surface area contributed by atoms with Crippen LogP contribution in [-0.2, 0) is 11.3 Å². The van der Waals surface area contributed by atoms with E-state index in [9.17, 15) is 4.79 Å². The minimum absolute atomic E-state index is 0.238. The number of nitrogens with zero attached hydrogens (tertiary/aromatic N) is 2. The van der Waals surface area contributed by atoms with Gasteiger partial charge >= 0.3 is 5.97 Å². The number of carbonyl (C=O) groups is 1. The summed E-state index contributed by atoms with van der Waals surface area (Å²) < 4.78 is 6.64. The first-order valence-corrected chi connectivity index (χ1v) is 6.44. The molecule has 1 heterocycles. The molecule has 0 bridgehead atoms. The minimum atomic E-state index is -0.463. The van der Waals surface area contributed by atoms with Crippen LogP contribution in [0.4, 0.5) is 5.82 Å². The predicted octanol–water partition coefficient (Wildman–Crippen LogP) is 2.14. The fourth-order valence-corrected chi connectivity index (χ4v) is 2.56. The van der Waals surface area contributed by atoms with Crippen LogP contribution in [0.25, 0.3) is 0 Å². The predicted molar refractivity (Wildman–Crippen MR) is 69.3 cm³/mol. The highest BCUT2D eigenvalue weighted by Gasteiger charge is 2.42. The quantitative estimate of drug-likeness (QED) is 0.814. The largest absolute Gasteiger partial charge is 0.464 e. The third-order valence-corrected chi connectivity index (χ3v) is 3.81. The van der Waals surface area contributed by atoms with Crippen molar-refractivity contribution >= 4 is 11.8 Å². The van der Waals surface area contributed by atoms with Crippen molar-refractivity contribution in [2.75, 3.05) is 12.8 Å². The number of methoxy groups -OCH3 is 1. The van der Waals surface area contributed by atoms with Gasteiger partial charge in [0.1, 0.15) is 11.6 Å². The van der Waals surface area contributed by atoms with E-state index in [1.165, 1.54) is 32.8 Å². The molecule has 1 aromatic heterocycles. The van der Waals surface area contributed by atoms with E-state index in [0.717, 1.165) is 12.4 Å². The number of imidazole rings is 1. The number of nitrogen functional groups attached to an aromatic ring is 1. The van der Waals surface area contributed by atoms with Gasteiger partial charge in [-0.25, -0.2) is 9.78 Å². The average Bonchev–Trinajstić information content (AvgIpc) is 3.05. The lowest BCUT2D eigenvalue weighted by Gasteiger charge is -2.17. The van der Waals surface area contributed by atoms with E-state index >= 15 is 0 Å². The van der Waals surface area contributed by atoms with Crippen molar-refractivity contribution in [2.45, 2.75) is 46.1 Å². The molecule has 0 atom stereocenters. The fraction of sp³-hybridized carbons (Fsp3) is 0.692. The Morgan fingerprint density at radius 1 is 1.56 bits per heavy atom. The molecule has 1 saturated carbocycles. The molecular formula is C13H21N3O2. The van der Waals surface area contributed by atoms with Crippen LogP contribution in [0.5, 0.6) is 0 Å². The van der Waals surface area contributed by atoms with Gasteiger partial charge in [-0.3, -0.25) is 0 Å².